The number of carbonyl (C=O) groups is 1. The van der Waals surface area contributed by atoms with E-state index in [0.29, 0.717) is 12.2 Å². The van der Waals surface area contributed by atoms with Crippen molar-refractivity contribution >= 4 is 23.2 Å². The summed E-state index contributed by atoms with van der Waals surface area (Å²) in [7, 11) is 0. The monoisotopic (exact) mass is 289 g/mol. The van der Waals surface area contributed by atoms with Gasteiger partial charge in [0.1, 0.15) is 12.1 Å². The Hall–Kier alpha value is -2.39. The molecule has 0 aliphatic rings. The van der Waals surface area contributed by atoms with Gasteiger partial charge in [0.2, 0.25) is 5.91 Å². The number of anilines is 1. The SMILES string of the molecule is CCN(C(=O)CC#N)c1cn(-c2cccnc2)nc1Cl. The Bertz CT molecular complexity index is 647. The first-order chi connectivity index (χ1) is 9.67. The van der Waals surface area contributed by atoms with E-state index in [1.54, 1.807) is 29.3 Å². The first kappa shape index (κ1) is 14.0. The average Bonchev–Trinajstić information content (AvgIpc) is 2.83. The highest BCUT2D eigenvalue weighted by Crippen LogP contribution is 2.26. The zero-order valence-corrected chi connectivity index (χ0v) is 11.6. The molecule has 0 saturated carbocycles. The molecule has 20 heavy (non-hydrogen) atoms. The van der Waals surface area contributed by atoms with Crippen LogP contribution in [0.4, 0.5) is 5.69 Å². The van der Waals surface area contributed by atoms with Crippen molar-refractivity contribution in [1.29, 1.82) is 5.26 Å². The third-order valence-corrected chi connectivity index (χ3v) is 2.97. The van der Waals surface area contributed by atoms with Crippen molar-refractivity contribution in [2.75, 3.05) is 11.4 Å². The Labute approximate surface area is 121 Å². The van der Waals surface area contributed by atoms with E-state index in [1.807, 2.05) is 19.1 Å². The summed E-state index contributed by atoms with van der Waals surface area (Å²) in [5.41, 5.74) is 1.22. The van der Waals surface area contributed by atoms with E-state index in [9.17, 15) is 4.79 Å². The van der Waals surface area contributed by atoms with Crippen LogP contribution in [0.15, 0.2) is 30.7 Å². The molecule has 0 N–H and O–H groups in total. The summed E-state index contributed by atoms with van der Waals surface area (Å²) >= 11 is 6.08. The molecule has 0 aromatic carbocycles. The van der Waals surface area contributed by atoms with Crippen LogP contribution in [0.1, 0.15) is 13.3 Å². The molecular weight excluding hydrogens is 278 g/mol. The van der Waals surface area contributed by atoms with Crippen LogP contribution >= 0.6 is 11.6 Å². The second-order valence-corrected chi connectivity index (χ2v) is 4.29. The lowest BCUT2D eigenvalue weighted by molar-refractivity contribution is -0.117. The lowest BCUT2D eigenvalue weighted by Crippen LogP contribution is -2.29. The highest BCUT2D eigenvalue weighted by Gasteiger charge is 2.19. The molecule has 2 heterocycles. The summed E-state index contributed by atoms with van der Waals surface area (Å²) in [6.07, 6.45) is 4.76. The number of nitriles is 1. The third kappa shape index (κ3) is 2.78. The molecule has 0 radical (unpaired) electrons. The number of carbonyl (C=O) groups excluding carboxylic acids is 1. The van der Waals surface area contributed by atoms with Gasteiger partial charge in [-0.3, -0.25) is 9.78 Å². The van der Waals surface area contributed by atoms with Gasteiger partial charge in [-0.05, 0) is 19.1 Å². The minimum Gasteiger partial charge on any atom is -0.308 e. The maximum Gasteiger partial charge on any atom is 0.241 e. The summed E-state index contributed by atoms with van der Waals surface area (Å²) in [5, 5.41) is 13.0. The van der Waals surface area contributed by atoms with E-state index in [0.717, 1.165) is 5.69 Å². The van der Waals surface area contributed by atoms with Crippen molar-refractivity contribution in [3.8, 4) is 11.8 Å². The largest absolute Gasteiger partial charge is 0.308 e. The van der Waals surface area contributed by atoms with E-state index in [1.165, 1.54) is 4.90 Å². The van der Waals surface area contributed by atoms with E-state index in [2.05, 4.69) is 10.1 Å². The van der Waals surface area contributed by atoms with Gasteiger partial charge in [-0.25, -0.2) is 4.68 Å². The van der Waals surface area contributed by atoms with Gasteiger partial charge in [-0.2, -0.15) is 10.4 Å². The molecule has 0 atom stereocenters. The molecule has 0 bridgehead atoms. The van der Waals surface area contributed by atoms with Gasteiger partial charge in [-0.1, -0.05) is 11.6 Å². The van der Waals surface area contributed by atoms with Crippen LogP contribution in [0.2, 0.25) is 5.15 Å². The Morgan fingerprint density at radius 3 is 3.00 bits per heavy atom. The molecule has 2 rings (SSSR count). The van der Waals surface area contributed by atoms with Crippen molar-refractivity contribution in [2.24, 2.45) is 0 Å². The third-order valence-electron chi connectivity index (χ3n) is 2.70. The van der Waals surface area contributed by atoms with Gasteiger partial charge in [-0.15, -0.1) is 0 Å². The number of amides is 1. The summed E-state index contributed by atoms with van der Waals surface area (Å²) in [5.74, 6) is -0.303. The lowest BCUT2D eigenvalue weighted by Gasteiger charge is -2.17. The highest BCUT2D eigenvalue weighted by atomic mass is 35.5. The molecule has 0 aliphatic heterocycles. The van der Waals surface area contributed by atoms with Crippen LogP contribution < -0.4 is 4.90 Å². The molecule has 2 aromatic heterocycles. The highest BCUT2D eigenvalue weighted by molar-refractivity contribution is 6.32. The number of hydrogen-bond donors (Lipinski definition) is 0. The van der Waals surface area contributed by atoms with Gasteiger partial charge in [0.15, 0.2) is 5.15 Å². The molecule has 0 spiro atoms. The standard InChI is InChI=1S/C13H12ClN5O/c1-2-18(12(20)5-6-15)11-9-19(17-13(11)14)10-4-3-7-16-8-10/h3-4,7-9H,2,5H2,1H3. The van der Waals surface area contributed by atoms with E-state index in [-0.39, 0.29) is 17.5 Å². The van der Waals surface area contributed by atoms with Gasteiger partial charge < -0.3 is 4.90 Å². The topological polar surface area (TPSA) is 74.8 Å². The van der Waals surface area contributed by atoms with Crippen LogP contribution in [0.5, 0.6) is 0 Å². The molecule has 0 aliphatic carbocycles. The maximum atomic E-state index is 11.9. The Morgan fingerprint density at radius 1 is 1.60 bits per heavy atom. The van der Waals surface area contributed by atoms with Crippen LogP contribution in [0.3, 0.4) is 0 Å². The van der Waals surface area contributed by atoms with Crippen molar-refractivity contribution in [2.45, 2.75) is 13.3 Å². The zero-order valence-electron chi connectivity index (χ0n) is 10.8. The van der Waals surface area contributed by atoms with E-state index in [4.69, 9.17) is 16.9 Å². The predicted octanol–water partition coefficient (Wildman–Crippen LogP) is 2.19. The molecule has 7 heteroatoms. The zero-order chi connectivity index (χ0) is 14.5. The molecule has 102 valence electrons. The summed E-state index contributed by atoms with van der Waals surface area (Å²) in [6.45, 7) is 2.23. The molecule has 0 saturated heterocycles. The average molecular weight is 290 g/mol. The van der Waals surface area contributed by atoms with Crippen molar-refractivity contribution < 1.29 is 4.79 Å². The smallest absolute Gasteiger partial charge is 0.241 e. The number of nitrogens with zero attached hydrogens (tertiary/aromatic N) is 5. The molecule has 1 amide bonds. The van der Waals surface area contributed by atoms with Gasteiger partial charge in [0.25, 0.3) is 0 Å². The number of rotatable bonds is 4. The summed E-state index contributed by atoms with van der Waals surface area (Å²) in [4.78, 5) is 17.3. The lowest BCUT2D eigenvalue weighted by atomic mass is 10.3. The predicted molar refractivity (Wildman–Crippen MR) is 74.6 cm³/mol. The number of pyridine rings is 1. The quantitative estimate of drug-likeness (QED) is 0.864. The van der Waals surface area contributed by atoms with Crippen molar-refractivity contribution in [3.05, 3.63) is 35.9 Å². The Balaban J connectivity index is 2.36. The summed E-state index contributed by atoms with van der Waals surface area (Å²) in [6, 6.07) is 5.45. The molecular formula is C13H12ClN5O. The van der Waals surface area contributed by atoms with Gasteiger partial charge >= 0.3 is 0 Å². The molecule has 6 nitrogen and oxygen atoms in total. The number of aromatic nitrogens is 3. The minimum absolute atomic E-state index is 0.192. The van der Waals surface area contributed by atoms with Gasteiger partial charge in [0, 0.05) is 12.7 Å². The number of halogens is 1. The van der Waals surface area contributed by atoms with Crippen molar-refractivity contribution in [3.63, 3.8) is 0 Å². The second-order valence-electron chi connectivity index (χ2n) is 3.93. The fourth-order valence-electron chi connectivity index (χ4n) is 1.79. The van der Waals surface area contributed by atoms with Gasteiger partial charge in [0.05, 0.1) is 24.2 Å². The first-order valence-electron chi connectivity index (χ1n) is 6.00. The van der Waals surface area contributed by atoms with Crippen molar-refractivity contribution in [1.82, 2.24) is 14.8 Å². The fraction of sp³-hybridized carbons (Fsp3) is 0.231. The van der Waals surface area contributed by atoms with Crippen LogP contribution in [0, 0.1) is 11.3 Å². The second kappa shape index (κ2) is 6.17. The first-order valence-corrected chi connectivity index (χ1v) is 6.38. The molecule has 2 aromatic rings. The van der Waals surface area contributed by atoms with E-state index < -0.39 is 0 Å². The fourth-order valence-corrected chi connectivity index (χ4v) is 2.02. The minimum atomic E-state index is -0.303. The van der Waals surface area contributed by atoms with E-state index >= 15 is 0 Å². The molecule has 0 unspecified atom stereocenters. The maximum absolute atomic E-state index is 11.9. The van der Waals surface area contributed by atoms with Crippen LogP contribution in [0.25, 0.3) is 5.69 Å². The van der Waals surface area contributed by atoms with Crippen LogP contribution in [-0.2, 0) is 4.79 Å². The number of hydrogen-bond acceptors (Lipinski definition) is 4. The Kier molecular flexibility index (Phi) is 4.33. The Morgan fingerprint density at radius 2 is 2.40 bits per heavy atom. The molecule has 0 fully saturated rings. The van der Waals surface area contributed by atoms with Crippen LogP contribution in [-0.4, -0.2) is 27.2 Å². The summed E-state index contributed by atoms with van der Waals surface area (Å²) < 4.78 is 1.55. The normalized spacial score (nSPS) is 10.1.